The summed E-state index contributed by atoms with van der Waals surface area (Å²) in [5.41, 5.74) is 0.438. The van der Waals surface area contributed by atoms with E-state index in [1.165, 1.54) is 6.26 Å². The lowest BCUT2D eigenvalue weighted by atomic mass is 9.79. The molecule has 1 aliphatic carbocycles. The maximum atomic E-state index is 11.3. The van der Waals surface area contributed by atoms with Crippen molar-refractivity contribution < 1.29 is 17.7 Å². The predicted molar refractivity (Wildman–Crippen MR) is 72.0 cm³/mol. The van der Waals surface area contributed by atoms with Crippen molar-refractivity contribution in [3.8, 4) is 0 Å². The van der Waals surface area contributed by atoms with E-state index in [2.05, 4.69) is 0 Å². The molecule has 2 fully saturated rings. The van der Waals surface area contributed by atoms with Gasteiger partial charge in [-0.1, -0.05) is 11.5 Å². The number of sulfone groups is 1. The first-order chi connectivity index (χ1) is 8.01. The van der Waals surface area contributed by atoms with Crippen molar-refractivity contribution in [1.29, 1.82) is 0 Å². The van der Waals surface area contributed by atoms with Crippen LogP contribution >= 0.6 is 0 Å². The molecular formula is C12H21BO4S. The van der Waals surface area contributed by atoms with Crippen LogP contribution in [0.15, 0.2) is 11.5 Å². The van der Waals surface area contributed by atoms with Gasteiger partial charge in [0.1, 0.15) is 0 Å². The summed E-state index contributed by atoms with van der Waals surface area (Å²) in [5.74, 6) is 1.93. The van der Waals surface area contributed by atoms with Gasteiger partial charge in [0.15, 0.2) is 9.84 Å². The summed E-state index contributed by atoms with van der Waals surface area (Å²) in [7, 11) is -3.26. The summed E-state index contributed by atoms with van der Waals surface area (Å²) in [6.45, 7) is 8.02. The standard InChI is InChI=1S/C12H21BO4S/c1-11(2)12(3,4)17-13(16-11)8-9-6-10(7-9)18(5,14)15/h8,10H,6-7H2,1-5H3. The van der Waals surface area contributed by atoms with Crippen molar-refractivity contribution in [2.75, 3.05) is 6.26 Å². The molecule has 0 unspecified atom stereocenters. The summed E-state index contributed by atoms with van der Waals surface area (Å²) in [6.07, 6.45) is 2.52. The highest BCUT2D eigenvalue weighted by Crippen LogP contribution is 2.39. The van der Waals surface area contributed by atoms with Crippen LogP contribution in [0.25, 0.3) is 0 Å². The maximum Gasteiger partial charge on any atom is 0.487 e. The average Bonchev–Trinajstić information content (AvgIpc) is 2.25. The number of rotatable bonds is 2. The minimum atomic E-state index is -2.90. The zero-order valence-corrected chi connectivity index (χ0v) is 12.5. The fourth-order valence-corrected chi connectivity index (χ4v) is 3.15. The van der Waals surface area contributed by atoms with Gasteiger partial charge in [0.05, 0.1) is 16.5 Å². The Balaban J connectivity index is 1.98. The smallest absolute Gasteiger partial charge is 0.400 e. The fraction of sp³-hybridized carbons (Fsp3) is 0.833. The Labute approximate surface area is 110 Å². The second-order valence-corrected chi connectivity index (χ2v) is 8.64. The highest BCUT2D eigenvalue weighted by Gasteiger charge is 2.50. The van der Waals surface area contributed by atoms with Gasteiger partial charge in [0.2, 0.25) is 0 Å². The van der Waals surface area contributed by atoms with Gasteiger partial charge >= 0.3 is 7.12 Å². The van der Waals surface area contributed by atoms with Crippen LogP contribution in [0, 0.1) is 0 Å². The third kappa shape index (κ3) is 2.51. The molecule has 1 aliphatic heterocycles. The van der Waals surface area contributed by atoms with Crippen molar-refractivity contribution >= 4 is 17.0 Å². The first-order valence-corrected chi connectivity index (χ1v) is 8.21. The van der Waals surface area contributed by atoms with E-state index in [4.69, 9.17) is 9.31 Å². The van der Waals surface area contributed by atoms with E-state index in [9.17, 15) is 8.42 Å². The predicted octanol–water partition coefficient (Wildman–Crippen LogP) is 1.75. The second-order valence-electron chi connectivity index (χ2n) is 6.31. The second kappa shape index (κ2) is 4.08. The van der Waals surface area contributed by atoms with Crippen LogP contribution in [0.5, 0.6) is 0 Å². The molecule has 1 heterocycles. The van der Waals surface area contributed by atoms with Gasteiger partial charge < -0.3 is 9.31 Å². The minimum absolute atomic E-state index is 0.217. The maximum absolute atomic E-state index is 11.3. The van der Waals surface area contributed by atoms with E-state index >= 15 is 0 Å². The first-order valence-electron chi connectivity index (χ1n) is 6.25. The van der Waals surface area contributed by atoms with Crippen molar-refractivity contribution in [2.45, 2.75) is 57.0 Å². The van der Waals surface area contributed by atoms with E-state index in [0.717, 1.165) is 5.57 Å². The summed E-state index contributed by atoms with van der Waals surface area (Å²) in [4.78, 5) is 0. The Morgan fingerprint density at radius 2 is 1.61 bits per heavy atom. The molecule has 0 atom stereocenters. The van der Waals surface area contributed by atoms with Crippen LogP contribution in [-0.4, -0.2) is 38.2 Å². The minimum Gasteiger partial charge on any atom is -0.400 e. The van der Waals surface area contributed by atoms with Gasteiger partial charge in [-0.2, -0.15) is 0 Å². The Morgan fingerprint density at radius 3 is 2.00 bits per heavy atom. The van der Waals surface area contributed by atoms with Crippen LogP contribution in [0.4, 0.5) is 0 Å². The van der Waals surface area contributed by atoms with Gasteiger partial charge in [0.25, 0.3) is 0 Å². The molecule has 0 bridgehead atoms. The third-order valence-corrected chi connectivity index (χ3v) is 5.77. The molecule has 6 heteroatoms. The molecule has 0 amide bonds. The van der Waals surface area contributed by atoms with E-state index in [1.807, 2.05) is 33.7 Å². The number of allylic oxidation sites excluding steroid dienone is 1. The van der Waals surface area contributed by atoms with Gasteiger partial charge in [-0.05, 0) is 40.5 Å². The Hall–Kier alpha value is -0.325. The molecule has 0 radical (unpaired) electrons. The SMILES string of the molecule is CC1(C)OB(C=C2CC(S(C)(=O)=O)C2)OC1(C)C. The Bertz CT molecular complexity index is 454. The van der Waals surface area contributed by atoms with Crippen LogP contribution < -0.4 is 0 Å². The molecule has 0 aromatic rings. The molecular weight excluding hydrogens is 251 g/mol. The van der Waals surface area contributed by atoms with Gasteiger partial charge in [-0.15, -0.1) is 0 Å². The summed E-state index contributed by atoms with van der Waals surface area (Å²) < 4.78 is 34.3. The van der Waals surface area contributed by atoms with Crippen molar-refractivity contribution in [2.24, 2.45) is 0 Å². The molecule has 0 N–H and O–H groups in total. The third-order valence-electron chi connectivity index (χ3n) is 4.23. The van der Waals surface area contributed by atoms with Gasteiger partial charge in [-0.3, -0.25) is 0 Å². The van der Waals surface area contributed by atoms with Gasteiger partial charge in [-0.25, -0.2) is 8.42 Å². The van der Waals surface area contributed by atoms with Crippen LogP contribution in [0.2, 0.25) is 0 Å². The zero-order valence-electron chi connectivity index (χ0n) is 11.7. The molecule has 18 heavy (non-hydrogen) atoms. The Morgan fingerprint density at radius 1 is 1.17 bits per heavy atom. The monoisotopic (exact) mass is 272 g/mol. The van der Waals surface area contributed by atoms with Crippen molar-refractivity contribution in [3.05, 3.63) is 11.5 Å². The Kier molecular flexibility index (Phi) is 3.20. The highest BCUT2D eigenvalue weighted by atomic mass is 32.2. The molecule has 4 nitrogen and oxygen atoms in total. The quantitative estimate of drug-likeness (QED) is 0.719. The lowest BCUT2D eigenvalue weighted by Gasteiger charge is -2.32. The van der Waals surface area contributed by atoms with Gasteiger partial charge in [0, 0.05) is 6.26 Å². The molecule has 2 rings (SSSR count). The van der Waals surface area contributed by atoms with Crippen LogP contribution in [0.3, 0.4) is 0 Å². The highest BCUT2D eigenvalue weighted by molar-refractivity contribution is 7.91. The molecule has 102 valence electrons. The first kappa shape index (κ1) is 14.1. The van der Waals surface area contributed by atoms with Crippen molar-refractivity contribution in [3.63, 3.8) is 0 Å². The average molecular weight is 272 g/mol. The van der Waals surface area contributed by atoms with E-state index in [0.29, 0.717) is 12.8 Å². The molecule has 2 aliphatic rings. The number of hydrogen-bond acceptors (Lipinski definition) is 4. The number of hydrogen-bond donors (Lipinski definition) is 0. The molecule has 0 spiro atoms. The van der Waals surface area contributed by atoms with Crippen LogP contribution in [0.1, 0.15) is 40.5 Å². The molecule has 0 aromatic carbocycles. The summed E-state index contributed by atoms with van der Waals surface area (Å²) in [5, 5.41) is -0.217. The molecule has 0 aromatic heterocycles. The van der Waals surface area contributed by atoms with E-state index < -0.39 is 9.84 Å². The molecule has 1 saturated heterocycles. The summed E-state index contributed by atoms with van der Waals surface area (Å²) in [6, 6.07) is 0. The van der Waals surface area contributed by atoms with E-state index in [1.54, 1.807) is 0 Å². The van der Waals surface area contributed by atoms with E-state index in [-0.39, 0.29) is 23.6 Å². The van der Waals surface area contributed by atoms with Crippen molar-refractivity contribution in [1.82, 2.24) is 0 Å². The fourth-order valence-electron chi connectivity index (χ4n) is 2.11. The topological polar surface area (TPSA) is 52.6 Å². The molecule has 1 saturated carbocycles. The zero-order chi connectivity index (χ0) is 13.8. The largest absolute Gasteiger partial charge is 0.487 e. The van der Waals surface area contributed by atoms with Crippen LogP contribution in [-0.2, 0) is 19.1 Å². The normalized spacial score (nSPS) is 30.2. The lowest BCUT2D eigenvalue weighted by molar-refractivity contribution is 0.00578. The lowest BCUT2D eigenvalue weighted by Crippen LogP contribution is -2.41. The summed E-state index contributed by atoms with van der Waals surface area (Å²) >= 11 is 0.